The molecule has 1 aliphatic rings. The molecule has 1 aliphatic heterocycles. The first kappa shape index (κ1) is 16.6. The molecular weight excluding hydrogens is 374 g/mol. The molecule has 23 heavy (non-hydrogen) atoms. The predicted molar refractivity (Wildman–Crippen MR) is 97.6 cm³/mol. The molecule has 4 nitrogen and oxygen atoms in total. The van der Waals surface area contributed by atoms with Crippen LogP contribution >= 0.6 is 27.3 Å². The van der Waals surface area contributed by atoms with E-state index in [0.29, 0.717) is 0 Å². The highest BCUT2D eigenvalue weighted by Gasteiger charge is 2.24. The normalized spacial score (nSPS) is 18.8. The molecular formula is C17H20BrN3OS. The van der Waals surface area contributed by atoms with Gasteiger partial charge in [-0.1, -0.05) is 28.1 Å². The van der Waals surface area contributed by atoms with Crippen molar-refractivity contribution >= 4 is 33.2 Å². The van der Waals surface area contributed by atoms with Gasteiger partial charge in [-0.2, -0.15) is 0 Å². The summed E-state index contributed by atoms with van der Waals surface area (Å²) in [5.41, 5.74) is 2.09. The van der Waals surface area contributed by atoms with Gasteiger partial charge in [-0.15, -0.1) is 11.3 Å². The number of hydrogen-bond acceptors (Lipinski definition) is 4. The molecule has 0 aliphatic carbocycles. The summed E-state index contributed by atoms with van der Waals surface area (Å²) in [6.45, 7) is 4.96. The van der Waals surface area contributed by atoms with Crippen molar-refractivity contribution in [3.63, 3.8) is 0 Å². The molecule has 1 amide bonds. The second kappa shape index (κ2) is 7.11. The Morgan fingerprint density at radius 3 is 2.83 bits per heavy atom. The number of nitrogens with one attached hydrogen (secondary N) is 2. The van der Waals surface area contributed by atoms with Gasteiger partial charge in [-0.25, -0.2) is 4.98 Å². The fourth-order valence-electron chi connectivity index (χ4n) is 2.81. The average Bonchev–Trinajstić information content (AvgIpc) is 3.17. The minimum atomic E-state index is -0.0448. The van der Waals surface area contributed by atoms with Crippen LogP contribution in [0.3, 0.4) is 0 Å². The van der Waals surface area contributed by atoms with Gasteiger partial charge in [0.1, 0.15) is 5.01 Å². The van der Waals surface area contributed by atoms with E-state index in [1.165, 1.54) is 0 Å². The van der Waals surface area contributed by atoms with Crippen LogP contribution in [-0.2, 0) is 4.79 Å². The van der Waals surface area contributed by atoms with E-state index in [1.807, 2.05) is 26.0 Å². The van der Waals surface area contributed by atoms with Crippen molar-refractivity contribution in [3.8, 4) is 10.6 Å². The average molecular weight is 394 g/mol. The van der Waals surface area contributed by atoms with E-state index < -0.39 is 0 Å². The molecule has 2 unspecified atom stereocenters. The van der Waals surface area contributed by atoms with Crippen LogP contribution in [-0.4, -0.2) is 23.5 Å². The van der Waals surface area contributed by atoms with Gasteiger partial charge in [-0.05, 0) is 45.4 Å². The van der Waals surface area contributed by atoms with Crippen molar-refractivity contribution < 1.29 is 4.79 Å². The van der Waals surface area contributed by atoms with Crippen LogP contribution < -0.4 is 10.6 Å². The molecule has 1 aromatic heterocycles. The number of benzene rings is 1. The van der Waals surface area contributed by atoms with Gasteiger partial charge >= 0.3 is 0 Å². The Morgan fingerprint density at radius 1 is 1.43 bits per heavy atom. The standard InChI is InChI=1S/C17H20BrN3OS/c1-10(20-16(22)14-4-3-9-19-14)15-11(2)21-17(23-15)12-5-7-13(18)8-6-12/h5-8,10,14,19H,3-4,9H2,1-2H3,(H,20,22). The molecule has 0 spiro atoms. The summed E-state index contributed by atoms with van der Waals surface area (Å²) in [6.07, 6.45) is 1.99. The highest BCUT2D eigenvalue weighted by atomic mass is 79.9. The molecule has 1 fully saturated rings. The minimum Gasteiger partial charge on any atom is -0.347 e. The first-order chi connectivity index (χ1) is 11.0. The first-order valence-corrected chi connectivity index (χ1v) is 9.42. The van der Waals surface area contributed by atoms with E-state index in [4.69, 9.17) is 0 Å². The van der Waals surface area contributed by atoms with Crippen LogP contribution in [0.1, 0.15) is 36.4 Å². The molecule has 3 rings (SSSR count). The quantitative estimate of drug-likeness (QED) is 0.829. The maximum Gasteiger partial charge on any atom is 0.237 e. The molecule has 2 N–H and O–H groups in total. The Bertz CT molecular complexity index is 692. The van der Waals surface area contributed by atoms with E-state index in [9.17, 15) is 4.79 Å². The number of halogens is 1. The molecule has 2 atom stereocenters. The van der Waals surface area contributed by atoms with Crippen LogP contribution in [0.25, 0.3) is 10.6 Å². The van der Waals surface area contributed by atoms with Crippen LogP contribution in [0.2, 0.25) is 0 Å². The molecule has 1 aromatic carbocycles. The van der Waals surface area contributed by atoms with E-state index in [0.717, 1.165) is 45.0 Å². The molecule has 0 saturated carbocycles. The Balaban J connectivity index is 1.74. The van der Waals surface area contributed by atoms with Crippen LogP contribution in [0, 0.1) is 6.92 Å². The number of amides is 1. The first-order valence-electron chi connectivity index (χ1n) is 7.81. The largest absolute Gasteiger partial charge is 0.347 e. The Kier molecular flexibility index (Phi) is 5.14. The van der Waals surface area contributed by atoms with Crippen LogP contribution in [0.5, 0.6) is 0 Å². The number of carbonyl (C=O) groups excluding carboxylic acids is 1. The lowest BCUT2D eigenvalue weighted by molar-refractivity contribution is -0.123. The molecule has 2 aromatic rings. The number of rotatable bonds is 4. The van der Waals surface area contributed by atoms with Crippen LogP contribution in [0.4, 0.5) is 0 Å². The third kappa shape index (κ3) is 3.82. The number of hydrogen-bond donors (Lipinski definition) is 2. The molecule has 1 saturated heterocycles. The van der Waals surface area contributed by atoms with Crippen molar-refractivity contribution in [2.45, 2.75) is 38.8 Å². The van der Waals surface area contributed by atoms with E-state index in [2.05, 4.69) is 43.7 Å². The summed E-state index contributed by atoms with van der Waals surface area (Å²) in [6, 6.07) is 8.07. The van der Waals surface area contributed by atoms with Gasteiger partial charge in [-0.3, -0.25) is 4.79 Å². The summed E-state index contributed by atoms with van der Waals surface area (Å²) >= 11 is 5.10. The molecule has 2 heterocycles. The third-order valence-corrected chi connectivity index (χ3v) is 5.97. The van der Waals surface area contributed by atoms with Crippen molar-refractivity contribution in [2.75, 3.05) is 6.54 Å². The van der Waals surface area contributed by atoms with Gasteiger partial charge in [0.25, 0.3) is 0 Å². The summed E-state index contributed by atoms with van der Waals surface area (Å²) in [7, 11) is 0. The van der Waals surface area contributed by atoms with Crippen LogP contribution in [0.15, 0.2) is 28.7 Å². The highest BCUT2D eigenvalue weighted by molar-refractivity contribution is 9.10. The van der Waals surface area contributed by atoms with Gasteiger partial charge in [0.05, 0.1) is 22.7 Å². The van der Waals surface area contributed by atoms with Gasteiger partial charge in [0.2, 0.25) is 5.91 Å². The smallest absolute Gasteiger partial charge is 0.237 e. The van der Waals surface area contributed by atoms with E-state index >= 15 is 0 Å². The number of aryl methyl sites for hydroxylation is 1. The topological polar surface area (TPSA) is 54.0 Å². The third-order valence-electron chi connectivity index (χ3n) is 4.05. The molecule has 6 heteroatoms. The maximum atomic E-state index is 12.3. The summed E-state index contributed by atoms with van der Waals surface area (Å²) in [4.78, 5) is 18.1. The zero-order chi connectivity index (χ0) is 16.4. The molecule has 0 bridgehead atoms. The zero-order valence-electron chi connectivity index (χ0n) is 13.2. The number of carbonyl (C=O) groups is 1. The van der Waals surface area contributed by atoms with E-state index in [-0.39, 0.29) is 18.0 Å². The van der Waals surface area contributed by atoms with E-state index in [1.54, 1.807) is 11.3 Å². The van der Waals surface area contributed by atoms with Crippen molar-refractivity contribution in [3.05, 3.63) is 39.3 Å². The SMILES string of the molecule is Cc1nc(-c2ccc(Br)cc2)sc1C(C)NC(=O)C1CCCN1. The van der Waals surface area contributed by atoms with Crippen molar-refractivity contribution in [2.24, 2.45) is 0 Å². The lowest BCUT2D eigenvalue weighted by Gasteiger charge is -2.16. The fourth-order valence-corrected chi connectivity index (χ4v) is 4.15. The molecule has 122 valence electrons. The Morgan fingerprint density at radius 2 is 2.17 bits per heavy atom. The van der Waals surface area contributed by atoms with Gasteiger partial charge in [0.15, 0.2) is 0 Å². The summed E-state index contributed by atoms with van der Waals surface area (Å²) < 4.78 is 1.06. The minimum absolute atomic E-state index is 0.0217. The summed E-state index contributed by atoms with van der Waals surface area (Å²) in [5.74, 6) is 0.0907. The molecule has 0 radical (unpaired) electrons. The van der Waals surface area contributed by atoms with Crippen molar-refractivity contribution in [1.82, 2.24) is 15.6 Å². The maximum absolute atomic E-state index is 12.3. The fraction of sp³-hybridized carbons (Fsp3) is 0.412. The lowest BCUT2D eigenvalue weighted by Crippen LogP contribution is -2.41. The van der Waals surface area contributed by atoms with Gasteiger partial charge in [0, 0.05) is 10.0 Å². The highest BCUT2D eigenvalue weighted by Crippen LogP contribution is 2.32. The number of thiazole rings is 1. The zero-order valence-corrected chi connectivity index (χ0v) is 15.6. The number of aromatic nitrogens is 1. The monoisotopic (exact) mass is 393 g/mol. The van der Waals surface area contributed by atoms with Crippen molar-refractivity contribution in [1.29, 1.82) is 0 Å². The van der Waals surface area contributed by atoms with Gasteiger partial charge < -0.3 is 10.6 Å². The Labute approximate surface area is 148 Å². The second-order valence-electron chi connectivity index (χ2n) is 5.85. The lowest BCUT2D eigenvalue weighted by atomic mass is 10.2. The predicted octanol–water partition coefficient (Wildman–Crippen LogP) is 3.81. The Hall–Kier alpha value is -1.24. The summed E-state index contributed by atoms with van der Waals surface area (Å²) in [5, 5.41) is 7.34. The second-order valence-corrected chi connectivity index (χ2v) is 7.80. The number of nitrogens with zero attached hydrogens (tertiary/aromatic N) is 1.